The molecule has 0 atom stereocenters. The number of carbonyl (C=O) groups excluding carboxylic acids is 1. The summed E-state index contributed by atoms with van der Waals surface area (Å²) in [6.07, 6.45) is 8.02. The third kappa shape index (κ3) is 3.58. The van der Waals surface area contributed by atoms with Gasteiger partial charge in [0.05, 0.1) is 5.56 Å². The number of carbonyl (C=O) groups is 1. The van der Waals surface area contributed by atoms with E-state index >= 15 is 0 Å². The van der Waals surface area contributed by atoms with Crippen molar-refractivity contribution in [3.63, 3.8) is 0 Å². The maximum Gasteiger partial charge on any atom is 0.253 e. The van der Waals surface area contributed by atoms with Crippen molar-refractivity contribution >= 4 is 11.7 Å². The van der Waals surface area contributed by atoms with Crippen LogP contribution in [-0.4, -0.2) is 41.7 Å². The summed E-state index contributed by atoms with van der Waals surface area (Å²) >= 11 is 0. The second kappa shape index (κ2) is 7.09. The first-order chi connectivity index (χ1) is 10.8. The zero-order valence-corrected chi connectivity index (χ0v) is 13.0. The summed E-state index contributed by atoms with van der Waals surface area (Å²) in [5.41, 5.74) is 0.632. The molecule has 0 aromatic carbocycles. The first-order valence-corrected chi connectivity index (χ1v) is 8.39. The standard InChI is InChI=1S/C17H25N3O2/c21-12-13-3-6-15(7-4-13)19-17(22)14-5-8-16(18-11-14)20-9-1-2-10-20/h5,8,11,13,15,21H,1-4,6-7,9-10,12H2,(H,19,22). The number of aliphatic hydroxyl groups is 1. The quantitative estimate of drug-likeness (QED) is 0.892. The van der Waals surface area contributed by atoms with Crippen LogP contribution in [0.5, 0.6) is 0 Å². The summed E-state index contributed by atoms with van der Waals surface area (Å²) in [4.78, 5) is 19.0. The number of hydrogen-bond donors (Lipinski definition) is 2. The van der Waals surface area contributed by atoms with Crippen molar-refractivity contribution in [2.24, 2.45) is 5.92 Å². The summed E-state index contributed by atoms with van der Waals surface area (Å²) < 4.78 is 0. The molecule has 3 rings (SSSR count). The number of nitrogens with one attached hydrogen (secondary N) is 1. The van der Waals surface area contributed by atoms with Crippen LogP contribution in [-0.2, 0) is 0 Å². The van der Waals surface area contributed by atoms with E-state index < -0.39 is 0 Å². The van der Waals surface area contributed by atoms with Crippen LogP contribution in [0.1, 0.15) is 48.9 Å². The van der Waals surface area contributed by atoms with E-state index in [0.717, 1.165) is 44.6 Å². The van der Waals surface area contributed by atoms with Gasteiger partial charge in [-0.3, -0.25) is 4.79 Å². The van der Waals surface area contributed by atoms with Crippen LogP contribution < -0.4 is 10.2 Å². The molecule has 0 bridgehead atoms. The number of aromatic nitrogens is 1. The molecule has 0 radical (unpaired) electrons. The molecule has 22 heavy (non-hydrogen) atoms. The molecule has 1 amide bonds. The van der Waals surface area contributed by atoms with E-state index in [1.165, 1.54) is 12.8 Å². The average Bonchev–Trinajstić information content (AvgIpc) is 3.10. The first-order valence-electron chi connectivity index (χ1n) is 8.39. The lowest BCUT2D eigenvalue weighted by Gasteiger charge is -2.28. The predicted octanol–water partition coefficient (Wildman–Crippen LogP) is 1.96. The maximum atomic E-state index is 12.3. The minimum Gasteiger partial charge on any atom is -0.396 e. The second-order valence-electron chi connectivity index (χ2n) is 6.47. The van der Waals surface area contributed by atoms with Crippen LogP contribution in [0.25, 0.3) is 0 Å². The summed E-state index contributed by atoms with van der Waals surface area (Å²) in [6.45, 7) is 2.39. The Morgan fingerprint density at radius 1 is 1.23 bits per heavy atom. The van der Waals surface area contributed by atoms with Crippen LogP contribution in [0.3, 0.4) is 0 Å². The molecule has 1 aliphatic heterocycles. The van der Waals surface area contributed by atoms with E-state index in [1.54, 1.807) is 6.20 Å². The van der Waals surface area contributed by atoms with Gasteiger partial charge in [0.1, 0.15) is 5.82 Å². The van der Waals surface area contributed by atoms with Gasteiger partial charge in [-0.15, -0.1) is 0 Å². The molecule has 2 aliphatic rings. The Kier molecular flexibility index (Phi) is 4.93. The lowest BCUT2D eigenvalue weighted by Crippen LogP contribution is -2.38. The van der Waals surface area contributed by atoms with E-state index in [1.807, 2.05) is 12.1 Å². The fraction of sp³-hybridized carbons (Fsp3) is 0.647. The van der Waals surface area contributed by atoms with E-state index in [2.05, 4.69) is 15.2 Å². The second-order valence-corrected chi connectivity index (χ2v) is 6.47. The summed E-state index contributed by atoms with van der Waals surface area (Å²) in [7, 11) is 0. The number of aliphatic hydroxyl groups excluding tert-OH is 1. The fourth-order valence-electron chi connectivity index (χ4n) is 3.41. The lowest BCUT2D eigenvalue weighted by molar-refractivity contribution is 0.0913. The Bertz CT molecular complexity index is 489. The molecule has 2 fully saturated rings. The predicted molar refractivity (Wildman–Crippen MR) is 86.0 cm³/mol. The van der Waals surface area contributed by atoms with Crippen molar-refractivity contribution in [2.45, 2.75) is 44.6 Å². The average molecular weight is 303 g/mol. The summed E-state index contributed by atoms with van der Waals surface area (Å²) in [5, 5.41) is 12.2. The minimum absolute atomic E-state index is 0.0343. The van der Waals surface area contributed by atoms with Crippen molar-refractivity contribution in [2.75, 3.05) is 24.6 Å². The van der Waals surface area contributed by atoms with Crippen molar-refractivity contribution in [1.82, 2.24) is 10.3 Å². The van der Waals surface area contributed by atoms with E-state index in [0.29, 0.717) is 11.5 Å². The van der Waals surface area contributed by atoms with Crippen LogP contribution >= 0.6 is 0 Å². The Balaban J connectivity index is 1.54. The lowest BCUT2D eigenvalue weighted by atomic mass is 9.86. The molecular weight excluding hydrogens is 278 g/mol. The van der Waals surface area contributed by atoms with Crippen molar-refractivity contribution in [3.8, 4) is 0 Å². The molecule has 5 heteroatoms. The number of rotatable bonds is 4. The van der Waals surface area contributed by atoms with Gasteiger partial charge in [-0.2, -0.15) is 0 Å². The number of amides is 1. The molecule has 1 aromatic rings. The number of pyridine rings is 1. The van der Waals surface area contributed by atoms with Gasteiger partial charge in [0, 0.05) is 31.9 Å². The molecule has 1 aromatic heterocycles. The zero-order chi connectivity index (χ0) is 15.4. The third-order valence-electron chi connectivity index (χ3n) is 4.88. The van der Waals surface area contributed by atoms with E-state index in [9.17, 15) is 4.79 Å². The molecule has 0 spiro atoms. The zero-order valence-electron chi connectivity index (χ0n) is 13.0. The largest absolute Gasteiger partial charge is 0.396 e. The highest BCUT2D eigenvalue weighted by atomic mass is 16.3. The third-order valence-corrected chi connectivity index (χ3v) is 4.88. The van der Waals surface area contributed by atoms with Crippen LogP contribution in [0.2, 0.25) is 0 Å². The van der Waals surface area contributed by atoms with Crippen molar-refractivity contribution < 1.29 is 9.90 Å². The van der Waals surface area contributed by atoms with Gasteiger partial charge in [0.15, 0.2) is 0 Å². The molecular formula is C17H25N3O2. The maximum absolute atomic E-state index is 12.3. The van der Waals surface area contributed by atoms with E-state index in [-0.39, 0.29) is 18.6 Å². The molecule has 1 aliphatic carbocycles. The van der Waals surface area contributed by atoms with Gasteiger partial charge < -0.3 is 15.3 Å². The molecule has 2 N–H and O–H groups in total. The molecule has 1 saturated heterocycles. The monoisotopic (exact) mass is 303 g/mol. The first kappa shape index (κ1) is 15.3. The van der Waals surface area contributed by atoms with Gasteiger partial charge in [-0.05, 0) is 56.6 Å². The van der Waals surface area contributed by atoms with Crippen LogP contribution in [0, 0.1) is 5.92 Å². The Hall–Kier alpha value is -1.62. The molecule has 120 valence electrons. The number of nitrogens with zero attached hydrogens (tertiary/aromatic N) is 2. The highest BCUT2D eigenvalue weighted by Crippen LogP contribution is 2.24. The number of anilines is 1. The van der Waals surface area contributed by atoms with E-state index in [4.69, 9.17) is 5.11 Å². The Morgan fingerprint density at radius 2 is 1.95 bits per heavy atom. The highest BCUT2D eigenvalue weighted by molar-refractivity contribution is 5.94. The Labute approximate surface area is 131 Å². The van der Waals surface area contributed by atoms with Crippen molar-refractivity contribution in [3.05, 3.63) is 23.9 Å². The normalized spacial score (nSPS) is 25.2. The SMILES string of the molecule is O=C(NC1CCC(CO)CC1)c1ccc(N2CCCC2)nc1. The number of hydrogen-bond acceptors (Lipinski definition) is 4. The van der Waals surface area contributed by atoms with Gasteiger partial charge in [0.25, 0.3) is 5.91 Å². The molecule has 0 unspecified atom stereocenters. The van der Waals surface area contributed by atoms with Crippen molar-refractivity contribution in [1.29, 1.82) is 0 Å². The van der Waals surface area contributed by atoms with Gasteiger partial charge >= 0.3 is 0 Å². The minimum atomic E-state index is -0.0343. The van der Waals surface area contributed by atoms with Gasteiger partial charge in [-0.25, -0.2) is 4.98 Å². The van der Waals surface area contributed by atoms with Crippen LogP contribution in [0.15, 0.2) is 18.3 Å². The molecule has 2 heterocycles. The van der Waals surface area contributed by atoms with Gasteiger partial charge in [0.2, 0.25) is 0 Å². The molecule has 1 saturated carbocycles. The Morgan fingerprint density at radius 3 is 2.55 bits per heavy atom. The smallest absolute Gasteiger partial charge is 0.253 e. The topological polar surface area (TPSA) is 65.5 Å². The summed E-state index contributed by atoms with van der Waals surface area (Å²) in [6, 6.07) is 4.05. The fourth-order valence-corrected chi connectivity index (χ4v) is 3.41. The molecule has 5 nitrogen and oxygen atoms in total. The highest BCUT2D eigenvalue weighted by Gasteiger charge is 2.22. The van der Waals surface area contributed by atoms with Gasteiger partial charge in [-0.1, -0.05) is 0 Å². The van der Waals surface area contributed by atoms with Crippen LogP contribution in [0.4, 0.5) is 5.82 Å². The summed E-state index contributed by atoms with van der Waals surface area (Å²) in [5.74, 6) is 1.35.